The molecule has 0 saturated heterocycles. The lowest BCUT2D eigenvalue weighted by atomic mass is 10.3. The quantitative estimate of drug-likeness (QED) is 0.764. The molecule has 2 aromatic rings. The number of thioether (sulfide) groups is 1. The highest BCUT2D eigenvalue weighted by Crippen LogP contribution is 2.24. The van der Waals surface area contributed by atoms with Gasteiger partial charge in [0.15, 0.2) is 5.82 Å². The molecule has 0 unspecified atom stereocenters. The average molecular weight is 298 g/mol. The summed E-state index contributed by atoms with van der Waals surface area (Å²) in [6.45, 7) is 1.97. The number of thiophene rings is 1. The number of carbonyl (C=O) groups is 1. The Bertz CT molecular complexity index is 525. The minimum atomic E-state index is -0.201. The zero-order valence-electron chi connectivity index (χ0n) is 10.7. The Balaban J connectivity index is 1.85. The Labute approximate surface area is 119 Å². The van der Waals surface area contributed by atoms with Gasteiger partial charge < -0.3 is 9.26 Å². The van der Waals surface area contributed by atoms with Crippen LogP contribution in [0, 0.1) is 0 Å². The van der Waals surface area contributed by atoms with E-state index >= 15 is 0 Å². The fraction of sp³-hybridized carbons (Fsp3) is 0.417. The van der Waals surface area contributed by atoms with E-state index in [1.165, 1.54) is 7.11 Å². The maximum Gasteiger partial charge on any atom is 0.306 e. The van der Waals surface area contributed by atoms with Crippen LogP contribution >= 0.6 is 23.1 Å². The molecule has 0 saturated carbocycles. The van der Waals surface area contributed by atoms with Crippen LogP contribution < -0.4 is 0 Å². The minimum absolute atomic E-state index is 0.163. The van der Waals surface area contributed by atoms with Crippen LogP contribution in [-0.2, 0) is 15.3 Å². The van der Waals surface area contributed by atoms with Gasteiger partial charge in [-0.15, -0.1) is 23.1 Å². The van der Waals surface area contributed by atoms with Gasteiger partial charge in [0.2, 0.25) is 0 Å². The Morgan fingerprint density at radius 2 is 2.47 bits per heavy atom. The molecule has 0 spiro atoms. The first-order valence-electron chi connectivity index (χ1n) is 5.74. The van der Waals surface area contributed by atoms with Crippen LogP contribution in [0.15, 0.2) is 22.0 Å². The summed E-state index contributed by atoms with van der Waals surface area (Å²) >= 11 is 3.16. The van der Waals surface area contributed by atoms with Gasteiger partial charge in [-0.3, -0.25) is 4.79 Å². The lowest BCUT2D eigenvalue weighted by molar-refractivity contribution is -0.140. The molecule has 0 aromatic carbocycles. The predicted octanol–water partition coefficient (Wildman–Crippen LogP) is 2.98. The maximum atomic E-state index is 11.1. The highest BCUT2D eigenvalue weighted by Gasteiger charge is 2.13. The minimum Gasteiger partial charge on any atom is -0.469 e. The third-order valence-electron chi connectivity index (χ3n) is 2.38. The lowest BCUT2D eigenvalue weighted by Crippen LogP contribution is -2.08. The van der Waals surface area contributed by atoms with Gasteiger partial charge in [-0.25, -0.2) is 0 Å². The number of hydrogen-bond acceptors (Lipinski definition) is 7. The van der Waals surface area contributed by atoms with Gasteiger partial charge in [0.05, 0.1) is 24.2 Å². The SMILES string of the molecule is COC(=O)C[C@@H](C)SCc1noc(-c2cccs2)n1. The van der Waals surface area contributed by atoms with Gasteiger partial charge in [-0.05, 0) is 11.4 Å². The normalized spacial score (nSPS) is 12.3. The van der Waals surface area contributed by atoms with E-state index in [9.17, 15) is 4.79 Å². The van der Waals surface area contributed by atoms with E-state index in [1.807, 2.05) is 24.4 Å². The van der Waals surface area contributed by atoms with Crippen molar-refractivity contribution in [2.24, 2.45) is 0 Å². The van der Waals surface area contributed by atoms with Gasteiger partial charge in [-0.1, -0.05) is 18.1 Å². The van der Waals surface area contributed by atoms with Gasteiger partial charge in [0, 0.05) is 5.25 Å². The second-order valence-corrected chi connectivity index (χ2v) is 6.27. The molecule has 0 amide bonds. The van der Waals surface area contributed by atoms with E-state index in [4.69, 9.17) is 4.52 Å². The van der Waals surface area contributed by atoms with Gasteiger partial charge >= 0.3 is 5.97 Å². The first kappa shape index (κ1) is 14.1. The van der Waals surface area contributed by atoms with E-state index in [0.29, 0.717) is 23.9 Å². The van der Waals surface area contributed by atoms with E-state index in [2.05, 4.69) is 14.9 Å². The fourth-order valence-corrected chi connectivity index (χ4v) is 2.86. The summed E-state index contributed by atoms with van der Waals surface area (Å²) in [6, 6.07) is 3.88. The number of methoxy groups -OCH3 is 1. The molecular formula is C12H14N2O3S2. The molecule has 2 aromatic heterocycles. The number of carbonyl (C=O) groups excluding carboxylic acids is 1. The van der Waals surface area contributed by atoms with Crippen molar-refractivity contribution < 1.29 is 14.1 Å². The second-order valence-electron chi connectivity index (χ2n) is 3.89. The molecule has 0 fully saturated rings. The van der Waals surface area contributed by atoms with Gasteiger partial charge in [-0.2, -0.15) is 4.98 Å². The molecule has 0 aliphatic carbocycles. The summed E-state index contributed by atoms with van der Waals surface area (Å²) in [4.78, 5) is 16.4. The van der Waals surface area contributed by atoms with E-state index in [-0.39, 0.29) is 11.2 Å². The van der Waals surface area contributed by atoms with Crippen molar-refractivity contribution in [2.45, 2.75) is 24.3 Å². The maximum absolute atomic E-state index is 11.1. The molecule has 2 heterocycles. The molecule has 0 aliphatic rings. The second kappa shape index (κ2) is 6.72. The molecule has 0 radical (unpaired) electrons. The van der Waals surface area contributed by atoms with Crippen molar-refractivity contribution in [1.29, 1.82) is 0 Å². The first-order valence-corrected chi connectivity index (χ1v) is 7.66. The summed E-state index contributed by atoms with van der Waals surface area (Å²) in [6.07, 6.45) is 0.386. The summed E-state index contributed by atoms with van der Waals surface area (Å²) in [5.74, 6) is 1.61. The van der Waals surface area contributed by atoms with Crippen LogP contribution in [0.4, 0.5) is 0 Å². The van der Waals surface area contributed by atoms with Crippen LogP contribution in [-0.4, -0.2) is 28.5 Å². The number of nitrogens with zero attached hydrogens (tertiary/aromatic N) is 2. The molecule has 2 rings (SSSR count). The summed E-state index contributed by atoms with van der Waals surface area (Å²) in [7, 11) is 1.40. The van der Waals surface area contributed by atoms with E-state index in [0.717, 1.165) is 4.88 Å². The van der Waals surface area contributed by atoms with Gasteiger partial charge in [0.1, 0.15) is 0 Å². The van der Waals surface area contributed by atoms with Crippen molar-refractivity contribution in [3.05, 3.63) is 23.3 Å². The van der Waals surface area contributed by atoms with Crippen LogP contribution in [0.2, 0.25) is 0 Å². The fourth-order valence-electron chi connectivity index (χ4n) is 1.41. The number of esters is 1. The standard InChI is InChI=1S/C12H14N2O3S2/c1-8(6-11(15)16-2)19-7-10-13-12(17-14-10)9-4-3-5-18-9/h3-5,8H,6-7H2,1-2H3/t8-/m1/s1. The first-order chi connectivity index (χ1) is 9.19. The summed E-state index contributed by atoms with van der Waals surface area (Å²) < 4.78 is 9.81. The Hall–Kier alpha value is -1.34. The highest BCUT2D eigenvalue weighted by molar-refractivity contribution is 7.99. The number of aromatic nitrogens is 2. The van der Waals surface area contributed by atoms with Crippen molar-refractivity contribution in [3.63, 3.8) is 0 Å². The molecule has 1 atom stereocenters. The average Bonchev–Trinajstić information content (AvgIpc) is 3.06. The Morgan fingerprint density at radius 3 is 3.16 bits per heavy atom. The third kappa shape index (κ3) is 4.07. The van der Waals surface area contributed by atoms with Crippen LogP contribution in [0.5, 0.6) is 0 Å². The molecular weight excluding hydrogens is 284 g/mol. The predicted molar refractivity (Wildman–Crippen MR) is 75.0 cm³/mol. The number of rotatable bonds is 6. The van der Waals surface area contributed by atoms with E-state index < -0.39 is 0 Å². The van der Waals surface area contributed by atoms with Crippen molar-refractivity contribution in [2.75, 3.05) is 7.11 Å². The van der Waals surface area contributed by atoms with E-state index in [1.54, 1.807) is 23.1 Å². The zero-order valence-corrected chi connectivity index (χ0v) is 12.3. The molecule has 0 aliphatic heterocycles. The largest absolute Gasteiger partial charge is 0.469 e. The Morgan fingerprint density at radius 1 is 1.63 bits per heavy atom. The molecule has 7 heteroatoms. The number of hydrogen-bond donors (Lipinski definition) is 0. The molecule has 102 valence electrons. The molecule has 0 N–H and O–H groups in total. The lowest BCUT2D eigenvalue weighted by Gasteiger charge is -2.07. The monoisotopic (exact) mass is 298 g/mol. The molecule has 5 nitrogen and oxygen atoms in total. The summed E-state index contributed by atoms with van der Waals surface area (Å²) in [5, 5.41) is 6.05. The van der Waals surface area contributed by atoms with Crippen molar-refractivity contribution in [3.8, 4) is 10.8 Å². The molecule has 19 heavy (non-hydrogen) atoms. The van der Waals surface area contributed by atoms with Crippen LogP contribution in [0.25, 0.3) is 10.8 Å². The Kier molecular flexibility index (Phi) is 4.98. The highest BCUT2D eigenvalue weighted by atomic mass is 32.2. The van der Waals surface area contributed by atoms with Gasteiger partial charge in [0.25, 0.3) is 5.89 Å². The van der Waals surface area contributed by atoms with Crippen molar-refractivity contribution >= 4 is 29.1 Å². The molecule has 0 bridgehead atoms. The van der Waals surface area contributed by atoms with Crippen LogP contribution in [0.3, 0.4) is 0 Å². The topological polar surface area (TPSA) is 65.2 Å². The zero-order chi connectivity index (χ0) is 13.7. The number of ether oxygens (including phenoxy) is 1. The van der Waals surface area contributed by atoms with Crippen LogP contribution in [0.1, 0.15) is 19.2 Å². The smallest absolute Gasteiger partial charge is 0.306 e. The third-order valence-corrected chi connectivity index (χ3v) is 4.40. The van der Waals surface area contributed by atoms with Crippen molar-refractivity contribution in [1.82, 2.24) is 10.1 Å². The summed E-state index contributed by atoms with van der Waals surface area (Å²) in [5.41, 5.74) is 0.